The first kappa shape index (κ1) is 16.2. The monoisotopic (exact) mass is 296 g/mol. The zero-order valence-corrected chi connectivity index (χ0v) is 13.2. The van der Waals surface area contributed by atoms with Crippen LogP contribution in [0.2, 0.25) is 0 Å². The van der Waals surface area contributed by atoms with Crippen LogP contribution in [-0.2, 0) is 9.59 Å². The maximum atomic E-state index is 13.0. The van der Waals surface area contributed by atoms with Crippen LogP contribution in [0.25, 0.3) is 0 Å². The maximum absolute atomic E-state index is 13.0. The highest BCUT2D eigenvalue weighted by molar-refractivity contribution is 5.89. The summed E-state index contributed by atoms with van der Waals surface area (Å²) in [7, 11) is 0. The molecule has 0 aromatic heterocycles. The summed E-state index contributed by atoms with van der Waals surface area (Å²) in [6, 6.07) is 0.173. The predicted molar refractivity (Wildman–Crippen MR) is 81.7 cm³/mol. The molecular weight excluding hydrogens is 268 g/mol. The first-order valence-corrected chi connectivity index (χ1v) is 7.98. The smallest absolute Gasteiger partial charge is 0.243 e. The molecule has 1 aliphatic carbocycles. The highest BCUT2D eigenvalue weighted by Gasteiger charge is 2.41. The highest BCUT2D eigenvalue weighted by Crippen LogP contribution is 2.27. The Kier molecular flexibility index (Phi) is 5.22. The minimum atomic E-state index is -0.583. The second-order valence-corrected chi connectivity index (χ2v) is 6.63. The zero-order valence-electron chi connectivity index (χ0n) is 13.2. The summed E-state index contributed by atoms with van der Waals surface area (Å²) < 4.78 is 0. The van der Waals surface area contributed by atoms with Crippen molar-refractivity contribution in [2.75, 3.05) is 32.7 Å². The Morgan fingerprint density at radius 3 is 2.33 bits per heavy atom. The van der Waals surface area contributed by atoms with Crippen LogP contribution in [0.15, 0.2) is 0 Å². The lowest BCUT2D eigenvalue weighted by atomic mass is 9.98. The SMILES string of the molecule is CC(C)(C(=O)N(CC(N)=O)C1CCCC1)N1CCNCC1. The van der Waals surface area contributed by atoms with Gasteiger partial charge in [-0.3, -0.25) is 14.5 Å². The molecule has 0 aromatic carbocycles. The summed E-state index contributed by atoms with van der Waals surface area (Å²) in [6.45, 7) is 7.47. The van der Waals surface area contributed by atoms with Gasteiger partial charge in [-0.05, 0) is 26.7 Å². The zero-order chi connectivity index (χ0) is 15.5. The van der Waals surface area contributed by atoms with E-state index in [4.69, 9.17) is 5.73 Å². The third-order valence-corrected chi connectivity index (χ3v) is 4.78. The van der Waals surface area contributed by atoms with E-state index in [2.05, 4.69) is 10.2 Å². The minimum absolute atomic E-state index is 0.0371. The van der Waals surface area contributed by atoms with E-state index in [1.807, 2.05) is 13.8 Å². The molecule has 21 heavy (non-hydrogen) atoms. The number of piperazine rings is 1. The molecule has 1 saturated carbocycles. The van der Waals surface area contributed by atoms with Crippen molar-refractivity contribution in [2.24, 2.45) is 5.73 Å². The molecule has 120 valence electrons. The van der Waals surface area contributed by atoms with Crippen LogP contribution < -0.4 is 11.1 Å². The van der Waals surface area contributed by atoms with Gasteiger partial charge in [-0.2, -0.15) is 0 Å². The quantitative estimate of drug-likeness (QED) is 0.744. The molecule has 0 aromatic rings. The van der Waals surface area contributed by atoms with Gasteiger partial charge in [-0.25, -0.2) is 0 Å². The summed E-state index contributed by atoms with van der Waals surface area (Å²) in [5, 5.41) is 3.30. The van der Waals surface area contributed by atoms with E-state index >= 15 is 0 Å². The third kappa shape index (κ3) is 3.74. The van der Waals surface area contributed by atoms with E-state index < -0.39 is 11.4 Å². The summed E-state index contributed by atoms with van der Waals surface area (Å²) in [4.78, 5) is 28.4. The van der Waals surface area contributed by atoms with Crippen molar-refractivity contribution >= 4 is 11.8 Å². The molecular formula is C15H28N4O2. The fourth-order valence-electron chi connectivity index (χ4n) is 3.46. The van der Waals surface area contributed by atoms with Gasteiger partial charge < -0.3 is 16.0 Å². The Bertz CT molecular complexity index is 385. The van der Waals surface area contributed by atoms with Gasteiger partial charge in [-0.15, -0.1) is 0 Å². The summed E-state index contributed by atoms with van der Waals surface area (Å²) in [5.74, 6) is -0.388. The molecule has 2 rings (SSSR count). The predicted octanol–water partition coefficient (Wildman–Crippen LogP) is -0.0733. The third-order valence-electron chi connectivity index (χ3n) is 4.78. The molecule has 2 aliphatic rings. The van der Waals surface area contributed by atoms with Crippen LogP contribution in [0, 0.1) is 0 Å². The normalized spacial score (nSPS) is 21.4. The molecule has 6 nitrogen and oxygen atoms in total. The topological polar surface area (TPSA) is 78.7 Å². The number of carbonyl (C=O) groups excluding carboxylic acids is 2. The largest absolute Gasteiger partial charge is 0.368 e. The van der Waals surface area contributed by atoms with Crippen molar-refractivity contribution in [3.8, 4) is 0 Å². The first-order chi connectivity index (χ1) is 9.93. The van der Waals surface area contributed by atoms with Gasteiger partial charge in [0.25, 0.3) is 0 Å². The van der Waals surface area contributed by atoms with Crippen molar-refractivity contribution in [3.63, 3.8) is 0 Å². The van der Waals surface area contributed by atoms with Crippen LogP contribution in [0.4, 0.5) is 0 Å². The van der Waals surface area contributed by atoms with Crippen molar-refractivity contribution in [3.05, 3.63) is 0 Å². The average molecular weight is 296 g/mol. The van der Waals surface area contributed by atoms with Crippen molar-refractivity contribution in [1.82, 2.24) is 15.1 Å². The molecule has 0 bridgehead atoms. The van der Waals surface area contributed by atoms with Crippen molar-refractivity contribution in [1.29, 1.82) is 0 Å². The lowest BCUT2D eigenvalue weighted by Crippen LogP contribution is -2.62. The van der Waals surface area contributed by atoms with E-state index in [0.717, 1.165) is 51.9 Å². The molecule has 1 heterocycles. The van der Waals surface area contributed by atoms with Gasteiger partial charge in [0.2, 0.25) is 11.8 Å². The number of amides is 2. The molecule has 3 N–H and O–H groups in total. The molecule has 1 saturated heterocycles. The molecule has 2 fully saturated rings. The van der Waals surface area contributed by atoms with E-state index in [9.17, 15) is 9.59 Å². The average Bonchev–Trinajstić information content (AvgIpc) is 2.98. The highest BCUT2D eigenvalue weighted by atomic mass is 16.2. The maximum Gasteiger partial charge on any atom is 0.243 e. The molecule has 6 heteroatoms. The van der Waals surface area contributed by atoms with E-state index in [-0.39, 0.29) is 18.5 Å². The molecule has 0 atom stereocenters. The lowest BCUT2D eigenvalue weighted by Gasteiger charge is -2.43. The molecule has 1 aliphatic heterocycles. The first-order valence-electron chi connectivity index (χ1n) is 7.98. The fraction of sp³-hybridized carbons (Fsp3) is 0.867. The Morgan fingerprint density at radius 1 is 1.24 bits per heavy atom. The van der Waals surface area contributed by atoms with Crippen molar-refractivity contribution in [2.45, 2.75) is 51.1 Å². The molecule has 0 radical (unpaired) electrons. The van der Waals surface area contributed by atoms with E-state index in [0.29, 0.717) is 0 Å². The van der Waals surface area contributed by atoms with Gasteiger partial charge in [0, 0.05) is 32.2 Å². The number of hydrogen-bond acceptors (Lipinski definition) is 4. The molecule has 2 amide bonds. The van der Waals surface area contributed by atoms with Crippen LogP contribution in [0.5, 0.6) is 0 Å². The number of nitrogens with two attached hydrogens (primary N) is 1. The number of hydrogen-bond donors (Lipinski definition) is 2. The fourth-order valence-corrected chi connectivity index (χ4v) is 3.46. The van der Waals surface area contributed by atoms with E-state index in [1.54, 1.807) is 4.90 Å². The van der Waals surface area contributed by atoms with Crippen LogP contribution in [0.3, 0.4) is 0 Å². The van der Waals surface area contributed by atoms with Crippen LogP contribution in [-0.4, -0.2) is 65.9 Å². The number of carbonyl (C=O) groups is 2. The Morgan fingerprint density at radius 2 is 1.81 bits per heavy atom. The minimum Gasteiger partial charge on any atom is -0.368 e. The van der Waals surface area contributed by atoms with E-state index in [1.165, 1.54) is 0 Å². The number of nitrogens with zero attached hydrogens (tertiary/aromatic N) is 2. The second kappa shape index (κ2) is 6.75. The number of rotatable bonds is 5. The molecule has 0 unspecified atom stereocenters. The standard InChI is InChI=1S/C15H28N4O2/c1-15(2,18-9-7-17-8-10-18)14(21)19(11-13(16)20)12-5-3-4-6-12/h12,17H,3-11H2,1-2H3,(H2,16,20). The van der Waals surface area contributed by atoms with Gasteiger partial charge in [0.1, 0.15) is 0 Å². The van der Waals surface area contributed by atoms with Crippen molar-refractivity contribution < 1.29 is 9.59 Å². The van der Waals surface area contributed by atoms with Crippen LogP contribution in [0.1, 0.15) is 39.5 Å². The second-order valence-electron chi connectivity index (χ2n) is 6.63. The van der Waals surface area contributed by atoms with Gasteiger partial charge in [0.15, 0.2) is 0 Å². The lowest BCUT2D eigenvalue weighted by molar-refractivity contribution is -0.148. The Balaban J connectivity index is 2.12. The summed E-state index contributed by atoms with van der Waals surface area (Å²) in [5.41, 5.74) is 4.78. The van der Waals surface area contributed by atoms with Crippen LogP contribution >= 0.6 is 0 Å². The van der Waals surface area contributed by atoms with Gasteiger partial charge in [-0.1, -0.05) is 12.8 Å². The number of nitrogens with one attached hydrogen (secondary N) is 1. The van der Waals surface area contributed by atoms with Gasteiger partial charge >= 0.3 is 0 Å². The Labute approximate surface area is 127 Å². The number of primary amides is 1. The van der Waals surface area contributed by atoms with Gasteiger partial charge in [0.05, 0.1) is 12.1 Å². The summed E-state index contributed by atoms with van der Waals surface area (Å²) >= 11 is 0. The molecule has 0 spiro atoms. The summed E-state index contributed by atoms with van der Waals surface area (Å²) in [6.07, 6.45) is 4.22. The Hall–Kier alpha value is -1.14.